The first kappa shape index (κ1) is 13.8. The van der Waals surface area contributed by atoms with Gasteiger partial charge < -0.3 is 0 Å². The van der Waals surface area contributed by atoms with Crippen LogP contribution in [0.3, 0.4) is 0 Å². The van der Waals surface area contributed by atoms with E-state index in [2.05, 4.69) is 4.98 Å². The SMILES string of the molecule is Cc1ccc(S(=O)(=O)N(O)c2ccc(Cl)cn2)cc1. The number of pyridine rings is 1. The molecule has 1 aromatic carbocycles. The Hall–Kier alpha value is -1.63. The van der Waals surface area contributed by atoms with Gasteiger partial charge in [-0.1, -0.05) is 29.3 Å². The number of nitrogens with zero attached hydrogens (tertiary/aromatic N) is 2. The molecule has 2 rings (SSSR count). The fraction of sp³-hybridized carbons (Fsp3) is 0.0833. The predicted molar refractivity (Wildman–Crippen MR) is 71.9 cm³/mol. The Morgan fingerprint density at radius 1 is 1.16 bits per heavy atom. The van der Waals surface area contributed by atoms with Crippen LogP contribution in [0.25, 0.3) is 0 Å². The number of halogens is 1. The number of hydrogen-bond acceptors (Lipinski definition) is 4. The molecule has 0 aliphatic carbocycles. The molecule has 0 aliphatic heterocycles. The highest BCUT2D eigenvalue weighted by atomic mass is 35.5. The zero-order valence-corrected chi connectivity index (χ0v) is 11.6. The van der Waals surface area contributed by atoms with Gasteiger partial charge in [0.25, 0.3) is 10.0 Å². The molecule has 0 amide bonds. The molecule has 1 N–H and O–H groups in total. The molecule has 0 unspecified atom stereocenters. The Kier molecular flexibility index (Phi) is 3.75. The maximum Gasteiger partial charge on any atom is 0.287 e. The summed E-state index contributed by atoms with van der Waals surface area (Å²) in [6.45, 7) is 1.84. The minimum absolute atomic E-state index is 0.0163. The molecule has 1 aromatic heterocycles. The van der Waals surface area contributed by atoms with Gasteiger partial charge >= 0.3 is 0 Å². The first-order valence-electron chi connectivity index (χ1n) is 5.34. The standard InChI is InChI=1S/C12H11ClN2O3S/c1-9-2-5-11(6-3-9)19(17,18)15(16)12-7-4-10(13)8-14-12/h2-8,16H,1H3. The Morgan fingerprint density at radius 3 is 2.32 bits per heavy atom. The van der Waals surface area contributed by atoms with Gasteiger partial charge in [0.15, 0.2) is 5.82 Å². The van der Waals surface area contributed by atoms with Crippen molar-refractivity contribution in [3.05, 3.63) is 53.2 Å². The van der Waals surface area contributed by atoms with Gasteiger partial charge in [-0.3, -0.25) is 5.21 Å². The summed E-state index contributed by atoms with van der Waals surface area (Å²) < 4.78 is 24.4. The Morgan fingerprint density at radius 2 is 1.79 bits per heavy atom. The topological polar surface area (TPSA) is 70.5 Å². The van der Waals surface area contributed by atoms with Crippen molar-refractivity contribution < 1.29 is 13.6 Å². The zero-order valence-electron chi connectivity index (χ0n) is 9.99. The second-order valence-electron chi connectivity index (χ2n) is 3.90. The third-order valence-corrected chi connectivity index (χ3v) is 4.19. The van der Waals surface area contributed by atoms with E-state index in [1.807, 2.05) is 6.92 Å². The van der Waals surface area contributed by atoms with Crippen LogP contribution in [0.4, 0.5) is 5.82 Å². The largest absolute Gasteiger partial charge is 0.287 e. The van der Waals surface area contributed by atoms with Crippen LogP contribution in [0, 0.1) is 6.92 Å². The highest BCUT2D eigenvalue weighted by Gasteiger charge is 2.24. The van der Waals surface area contributed by atoms with E-state index in [-0.39, 0.29) is 15.2 Å². The second-order valence-corrected chi connectivity index (χ2v) is 6.10. The average Bonchev–Trinajstić information content (AvgIpc) is 2.39. The summed E-state index contributed by atoms with van der Waals surface area (Å²) in [4.78, 5) is 3.74. The molecule has 100 valence electrons. The van der Waals surface area contributed by atoms with Crippen molar-refractivity contribution in [2.24, 2.45) is 0 Å². The van der Waals surface area contributed by atoms with Gasteiger partial charge in [0, 0.05) is 6.20 Å². The summed E-state index contributed by atoms with van der Waals surface area (Å²) in [5.41, 5.74) is 0.924. The molecule has 0 saturated carbocycles. The normalized spacial score (nSPS) is 11.3. The lowest BCUT2D eigenvalue weighted by atomic mass is 10.2. The third kappa shape index (κ3) is 2.86. The van der Waals surface area contributed by atoms with Crippen molar-refractivity contribution in [1.82, 2.24) is 4.98 Å². The summed E-state index contributed by atoms with van der Waals surface area (Å²) in [6, 6.07) is 8.89. The number of anilines is 1. The maximum absolute atomic E-state index is 12.1. The van der Waals surface area contributed by atoms with Crippen molar-refractivity contribution in [2.45, 2.75) is 11.8 Å². The summed E-state index contributed by atoms with van der Waals surface area (Å²) in [5.74, 6) is -0.120. The smallest absolute Gasteiger partial charge is 0.272 e. The van der Waals surface area contributed by atoms with E-state index in [9.17, 15) is 13.6 Å². The number of aromatic nitrogens is 1. The van der Waals surface area contributed by atoms with Crippen molar-refractivity contribution in [1.29, 1.82) is 0 Å². The van der Waals surface area contributed by atoms with Crippen LogP contribution in [0.5, 0.6) is 0 Å². The molecular weight excluding hydrogens is 288 g/mol. The molecule has 19 heavy (non-hydrogen) atoms. The predicted octanol–water partition coefficient (Wildman–Crippen LogP) is 2.63. The Balaban J connectivity index is 2.39. The maximum atomic E-state index is 12.1. The van der Waals surface area contributed by atoms with E-state index >= 15 is 0 Å². The van der Waals surface area contributed by atoms with Gasteiger partial charge in [0.1, 0.15) is 0 Å². The van der Waals surface area contributed by atoms with Crippen LogP contribution in [-0.2, 0) is 10.0 Å². The summed E-state index contributed by atoms with van der Waals surface area (Å²) >= 11 is 5.65. The molecule has 0 aliphatic rings. The summed E-state index contributed by atoms with van der Waals surface area (Å²) in [6.07, 6.45) is 1.25. The number of benzene rings is 1. The first-order chi connectivity index (χ1) is 8.91. The molecule has 0 radical (unpaired) electrons. The van der Waals surface area contributed by atoms with E-state index in [0.29, 0.717) is 5.02 Å². The van der Waals surface area contributed by atoms with E-state index in [4.69, 9.17) is 11.6 Å². The number of sulfonamides is 1. The van der Waals surface area contributed by atoms with E-state index in [1.165, 1.54) is 30.5 Å². The van der Waals surface area contributed by atoms with Crippen LogP contribution in [0.2, 0.25) is 5.02 Å². The molecule has 1 heterocycles. The monoisotopic (exact) mass is 298 g/mol. The minimum Gasteiger partial charge on any atom is -0.272 e. The number of rotatable bonds is 3. The van der Waals surface area contributed by atoms with Crippen molar-refractivity contribution >= 4 is 27.4 Å². The Labute approximate surface area is 116 Å². The van der Waals surface area contributed by atoms with E-state index < -0.39 is 10.0 Å². The van der Waals surface area contributed by atoms with Gasteiger partial charge in [-0.15, -0.1) is 4.47 Å². The number of aryl methyl sites for hydroxylation is 1. The molecule has 7 heteroatoms. The van der Waals surface area contributed by atoms with Crippen molar-refractivity contribution in [3.8, 4) is 0 Å². The molecule has 0 saturated heterocycles. The molecule has 0 spiro atoms. The quantitative estimate of drug-likeness (QED) is 0.884. The number of hydrogen-bond donors (Lipinski definition) is 1. The third-order valence-electron chi connectivity index (χ3n) is 2.45. The van der Waals surface area contributed by atoms with Crippen molar-refractivity contribution in [3.63, 3.8) is 0 Å². The van der Waals surface area contributed by atoms with Crippen LogP contribution < -0.4 is 4.47 Å². The minimum atomic E-state index is -4.04. The van der Waals surface area contributed by atoms with Crippen LogP contribution >= 0.6 is 11.6 Å². The van der Waals surface area contributed by atoms with Gasteiger partial charge in [-0.25, -0.2) is 4.98 Å². The molecule has 5 nitrogen and oxygen atoms in total. The highest BCUT2D eigenvalue weighted by molar-refractivity contribution is 7.92. The summed E-state index contributed by atoms with van der Waals surface area (Å²) in [7, 11) is -4.04. The Bertz CT molecular complexity index is 669. The van der Waals surface area contributed by atoms with E-state index in [1.54, 1.807) is 12.1 Å². The molecule has 0 bridgehead atoms. The fourth-order valence-corrected chi connectivity index (χ4v) is 2.56. The lowest BCUT2D eigenvalue weighted by Crippen LogP contribution is -2.28. The lowest BCUT2D eigenvalue weighted by molar-refractivity contribution is 0.313. The second kappa shape index (κ2) is 5.16. The summed E-state index contributed by atoms with van der Waals surface area (Å²) in [5, 5.41) is 10.2. The molecule has 2 aromatic rings. The average molecular weight is 299 g/mol. The van der Waals surface area contributed by atoms with Gasteiger partial charge in [-0.05, 0) is 31.2 Å². The van der Waals surface area contributed by atoms with Crippen LogP contribution in [0.1, 0.15) is 5.56 Å². The lowest BCUT2D eigenvalue weighted by Gasteiger charge is -2.15. The van der Waals surface area contributed by atoms with Gasteiger partial charge in [0.05, 0.1) is 9.92 Å². The van der Waals surface area contributed by atoms with Gasteiger partial charge in [0.2, 0.25) is 0 Å². The highest BCUT2D eigenvalue weighted by Crippen LogP contribution is 2.21. The molecule has 0 atom stereocenters. The van der Waals surface area contributed by atoms with Gasteiger partial charge in [-0.2, -0.15) is 8.42 Å². The van der Waals surface area contributed by atoms with Crippen LogP contribution in [-0.4, -0.2) is 18.6 Å². The molecule has 0 fully saturated rings. The fourth-order valence-electron chi connectivity index (χ4n) is 1.41. The first-order valence-corrected chi connectivity index (χ1v) is 7.15. The van der Waals surface area contributed by atoms with Crippen LogP contribution in [0.15, 0.2) is 47.5 Å². The van der Waals surface area contributed by atoms with Crippen molar-refractivity contribution in [2.75, 3.05) is 4.47 Å². The molecular formula is C12H11ClN2O3S. The zero-order chi connectivity index (χ0) is 14.0. The van der Waals surface area contributed by atoms with E-state index in [0.717, 1.165) is 5.56 Å².